The predicted octanol–water partition coefficient (Wildman–Crippen LogP) is 4.21. The summed E-state index contributed by atoms with van der Waals surface area (Å²) in [6.45, 7) is 1.29. The Labute approximate surface area is 167 Å². The number of benzene rings is 1. The summed E-state index contributed by atoms with van der Waals surface area (Å²) in [5.74, 6) is 0.581. The standard InChI is InChI=1S/C21H22N2O4S/c24-20(7-2-9-22-21(25)17-8-11-28-15-17)23-18-5-1-4-16(12-18)13-26-14-19-6-3-10-27-19/h1,3-6,8,10-12,15H,2,7,9,13-14H2,(H,22,25)(H,23,24). The number of rotatable bonds is 10. The summed E-state index contributed by atoms with van der Waals surface area (Å²) in [5, 5.41) is 9.35. The Morgan fingerprint density at radius 3 is 2.82 bits per heavy atom. The van der Waals surface area contributed by atoms with Crippen molar-refractivity contribution in [1.82, 2.24) is 5.32 Å². The minimum Gasteiger partial charge on any atom is -0.467 e. The highest BCUT2D eigenvalue weighted by Crippen LogP contribution is 2.13. The van der Waals surface area contributed by atoms with Gasteiger partial charge in [-0.1, -0.05) is 12.1 Å². The number of ether oxygens (including phenoxy) is 1. The van der Waals surface area contributed by atoms with Crippen molar-refractivity contribution < 1.29 is 18.7 Å². The van der Waals surface area contributed by atoms with Crippen molar-refractivity contribution in [2.45, 2.75) is 26.1 Å². The van der Waals surface area contributed by atoms with E-state index >= 15 is 0 Å². The van der Waals surface area contributed by atoms with Crippen molar-refractivity contribution in [1.29, 1.82) is 0 Å². The van der Waals surface area contributed by atoms with Gasteiger partial charge in [0.2, 0.25) is 5.91 Å². The van der Waals surface area contributed by atoms with Crippen molar-refractivity contribution in [2.75, 3.05) is 11.9 Å². The molecule has 3 aromatic rings. The molecule has 0 saturated heterocycles. The third kappa shape index (κ3) is 6.37. The molecule has 7 heteroatoms. The van der Waals surface area contributed by atoms with E-state index in [9.17, 15) is 9.59 Å². The first-order chi connectivity index (χ1) is 13.7. The van der Waals surface area contributed by atoms with E-state index in [0.717, 1.165) is 17.0 Å². The molecule has 0 unspecified atom stereocenters. The molecule has 0 aliphatic carbocycles. The maximum Gasteiger partial charge on any atom is 0.252 e. The molecule has 28 heavy (non-hydrogen) atoms. The van der Waals surface area contributed by atoms with Crippen LogP contribution in [0.15, 0.2) is 63.9 Å². The van der Waals surface area contributed by atoms with Crippen molar-refractivity contribution in [3.63, 3.8) is 0 Å². The normalized spacial score (nSPS) is 10.6. The van der Waals surface area contributed by atoms with Crippen LogP contribution in [-0.2, 0) is 22.7 Å². The van der Waals surface area contributed by atoms with Gasteiger partial charge >= 0.3 is 0 Å². The lowest BCUT2D eigenvalue weighted by Crippen LogP contribution is -2.25. The zero-order valence-corrected chi connectivity index (χ0v) is 16.2. The highest BCUT2D eigenvalue weighted by molar-refractivity contribution is 7.08. The van der Waals surface area contributed by atoms with Gasteiger partial charge < -0.3 is 19.8 Å². The van der Waals surface area contributed by atoms with Crippen LogP contribution in [0.25, 0.3) is 0 Å². The molecule has 0 aliphatic rings. The van der Waals surface area contributed by atoms with Crippen molar-refractivity contribution in [2.24, 2.45) is 0 Å². The molecule has 0 bridgehead atoms. The molecule has 0 atom stereocenters. The lowest BCUT2D eigenvalue weighted by Gasteiger charge is -2.08. The van der Waals surface area contributed by atoms with Crippen molar-refractivity contribution >= 4 is 28.8 Å². The highest BCUT2D eigenvalue weighted by atomic mass is 32.1. The Morgan fingerprint density at radius 2 is 2.04 bits per heavy atom. The first kappa shape index (κ1) is 19.9. The summed E-state index contributed by atoms with van der Waals surface area (Å²) in [6.07, 6.45) is 2.53. The summed E-state index contributed by atoms with van der Waals surface area (Å²) < 4.78 is 10.8. The number of anilines is 1. The fraction of sp³-hybridized carbons (Fsp3) is 0.238. The average Bonchev–Trinajstić information content (AvgIpc) is 3.39. The van der Waals surface area contributed by atoms with Crippen LogP contribution in [0.3, 0.4) is 0 Å². The molecule has 146 valence electrons. The second-order valence-electron chi connectivity index (χ2n) is 6.19. The Bertz CT molecular complexity index is 876. The molecule has 6 nitrogen and oxygen atoms in total. The fourth-order valence-electron chi connectivity index (χ4n) is 2.57. The number of amides is 2. The number of hydrogen-bond donors (Lipinski definition) is 2. The number of furan rings is 1. The van der Waals surface area contributed by atoms with E-state index in [0.29, 0.717) is 38.2 Å². The van der Waals surface area contributed by atoms with Crippen LogP contribution in [0.1, 0.15) is 34.5 Å². The third-order valence-electron chi connectivity index (χ3n) is 3.95. The number of hydrogen-bond acceptors (Lipinski definition) is 5. The van der Waals surface area contributed by atoms with Crippen LogP contribution in [-0.4, -0.2) is 18.4 Å². The molecule has 2 heterocycles. The van der Waals surface area contributed by atoms with E-state index < -0.39 is 0 Å². The van der Waals surface area contributed by atoms with Crippen LogP contribution < -0.4 is 10.6 Å². The van der Waals surface area contributed by atoms with E-state index in [1.54, 1.807) is 17.7 Å². The lowest BCUT2D eigenvalue weighted by atomic mass is 10.2. The molecule has 2 amide bonds. The first-order valence-electron chi connectivity index (χ1n) is 9.00. The average molecular weight is 398 g/mol. The molecule has 0 fully saturated rings. The Kier molecular flexibility index (Phi) is 7.40. The highest BCUT2D eigenvalue weighted by Gasteiger charge is 2.07. The monoisotopic (exact) mass is 398 g/mol. The van der Waals surface area contributed by atoms with Gasteiger partial charge in [0, 0.05) is 29.6 Å². The van der Waals surface area contributed by atoms with Gasteiger partial charge in [-0.05, 0) is 47.7 Å². The van der Waals surface area contributed by atoms with Gasteiger partial charge in [-0.2, -0.15) is 11.3 Å². The summed E-state index contributed by atoms with van der Waals surface area (Å²) in [5.41, 5.74) is 2.35. The third-order valence-corrected chi connectivity index (χ3v) is 4.64. The quantitative estimate of drug-likeness (QED) is 0.502. The van der Waals surface area contributed by atoms with E-state index in [4.69, 9.17) is 9.15 Å². The fourth-order valence-corrected chi connectivity index (χ4v) is 3.21. The van der Waals surface area contributed by atoms with Crippen molar-refractivity contribution in [3.8, 4) is 0 Å². The first-order valence-corrected chi connectivity index (χ1v) is 9.94. The summed E-state index contributed by atoms with van der Waals surface area (Å²) in [4.78, 5) is 23.9. The smallest absolute Gasteiger partial charge is 0.252 e. The number of carbonyl (C=O) groups excluding carboxylic acids is 2. The van der Waals surface area contributed by atoms with Gasteiger partial charge in [-0.3, -0.25) is 9.59 Å². The maximum absolute atomic E-state index is 12.1. The van der Waals surface area contributed by atoms with Gasteiger partial charge in [-0.15, -0.1) is 0 Å². The molecule has 2 N–H and O–H groups in total. The SMILES string of the molecule is O=C(CCCNC(=O)c1ccsc1)Nc1cccc(COCc2ccco2)c1. The van der Waals surface area contributed by atoms with Crippen molar-refractivity contribution in [3.05, 3.63) is 76.4 Å². The summed E-state index contributed by atoms with van der Waals surface area (Å²) in [6, 6.07) is 13.0. The van der Waals surface area contributed by atoms with Gasteiger partial charge in [0.25, 0.3) is 5.91 Å². The molecular formula is C21H22N2O4S. The van der Waals surface area contributed by atoms with Crippen LogP contribution >= 0.6 is 11.3 Å². The number of thiophene rings is 1. The molecule has 0 radical (unpaired) electrons. The molecule has 1 aromatic carbocycles. The maximum atomic E-state index is 12.1. The predicted molar refractivity (Wildman–Crippen MR) is 108 cm³/mol. The van der Waals surface area contributed by atoms with Crippen LogP contribution in [0, 0.1) is 0 Å². The van der Waals surface area contributed by atoms with Gasteiger partial charge in [0.1, 0.15) is 12.4 Å². The second-order valence-corrected chi connectivity index (χ2v) is 6.97. The Balaban J connectivity index is 1.36. The van der Waals surface area contributed by atoms with E-state index in [1.165, 1.54) is 11.3 Å². The zero-order chi connectivity index (χ0) is 19.6. The van der Waals surface area contributed by atoms with Gasteiger partial charge in [-0.25, -0.2) is 0 Å². The largest absolute Gasteiger partial charge is 0.467 e. The van der Waals surface area contributed by atoms with Crippen LogP contribution in [0.4, 0.5) is 5.69 Å². The second kappa shape index (κ2) is 10.4. The van der Waals surface area contributed by atoms with E-state index in [1.807, 2.05) is 41.8 Å². The zero-order valence-electron chi connectivity index (χ0n) is 15.4. The molecule has 0 saturated carbocycles. The summed E-state index contributed by atoms with van der Waals surface area (Å²) in [7, 11) is 0. The van der Waals surface area contributed by atoms with E-state index in [2.05, 4.69) is 10.6 Å². The molecule has 0 aliphatic heterocycles. The number of carbonyl (C=O) groups is 2. The van der Waals surface area contributed by atoms with Crippen LogP contribution in [0.2, 0.25) is 0 Å². The lowest BCUT2D eigenvalue weighted by molar-refractivity contribution is -0.116. The molecular weight excluding hydrogens is 376 g/mol. The number of nitrogens with one attached hydrogen (secondary N) is 2. The Hall–Kier alpha value is -2.90. The van der Waals surface area contributed by atoms with Crippen LogP contribution in [0.5, 0.6) is 0 Å². The Morgan fingerprint density at radius 1 is 1.11 bits per heavy atom. The molecule has 3 rings (SSSR count). The minimum absolute atomic E-state index is 0.0848. The molecule has 0 spiro atoms. The van der Waals surface area contributed by atoms with Gasteiger partial charge in [0.15, 0.2) is 0 Å². The minimum atomic E-state index is -0.107. The topological polar surface area (TPSA) is 80.6 Å². The summed E-state index contributed by atoms with van der Waals surface area (Å²) >= 11 is 1.48. The van der Waals surface area contributed by atoms with E-state index in [-0.39, 0.29) is 11.8 Å². The van der Waals surface area contributed by atoms with Gasteiger partial charge in [0.05, 0.1) is 12.9 Å². The molecule has 2 aromatic heterocycles.